The van der Waals surface area contributed by atoms with E-state index in [0.717, 1.165) is 23.9 Å². The van der Waals surface area contributed by atoms with E-state index in [-0.39, 0.29) is 5.41 Å². The molecular formula is C22H28NO3+. The number of ether oxygens (including phenoxy) is 1. The zero-order valence-electron chi connectivity index (χ0n) is 15.8. The van der Waals surface area contributed by atoms with E-state index in [1.807, 2.05) is 36.4 Å². The first-order valence-corrected chi connectivity index (χ1v) is 9.06. The third-order valence-electron chi connectivity index (χ3n) is 4.95. The Hall–Kier alpha value is -2.17. The van der Waals surface area contributed by atoms with Crippen molar-refractivity contribution in [2.45, 2.75) is 18.4 Å². The summed E-state index contributed by atoms with van der Waals surface area (Å²) in [6.07, 6.45) is 2.12. The third kappa shape index (κ3) is 3.97. The maximum atomic E-state index is 13.0. The molecule has 0 aromatic heterocycles. The summed E-state index contributed by atoms with van der Waals surface area (Å²) < 4.78 is 6.52. The van der Waals surface area contributed by atoms with Crippen LogP contribution in [0.1, 0.15) is 24.0 Å². The quantitative estimate of drug-likeness (QED) is 0.614. The fraction of sp³-hybridized carbons (Fsp3) is 0.409. The van der Waals surface area contributed by atoms with E-state index in [0.29, 0.717) is 17.7 Å². The van der Waals surface area contributed by atoms with Gasteiger partial charge in [-0.2, -0.15) is 0 Å². The van der Waals surface area contributed by atoms with Crippen LogP contribution in [0.3, 0.4) is 0 Å². The van der Waals surface area contributed by atoms with Crippen molar-refractivity contribution in [3.63, 3.8) is 0 Å². The second kappa shape index (κ2) is 6.86. The first kappa shape index (κ1) is 18.6. The Balaban J connectivity index is 1.83. The highest BCUT2D eigenvalue weighted by Crippen LogP contribution is 2.47. The van der Waals surface area contributed by atoms with Crippen LogP contribution in [0.15, 0.2) is 60.7 Å². The molecule has 2 aromatic rings. The molecule has 138 valence electrons. The minimum Gasteiger partial charge on any atom is -0.462 e. The molecule has 0 bridgehead atoms. The predicted molar refractivity (Wildman–Crippen MR) is 101 cm³/mol. The SMILES string of the molecule is C[N+](C)(C)CC1(COC(=O)C(O)(c2ccccc2)c2ccccc2)CC1. The fourth-order valence-electron chi connectivity index (χ4n) is 3.62. The van der Waals surface area contributed by atoms with Gasteiger partial charge in [0.05, 0.1) is 33.1 Å². The summed E-state index contributed by atoms with van der Waals surface area (Å²) in [6.45, 7) is 1.30. The molecule has 0 saturated heterocycles. The average molecular weight is 354 g/mol. The molecule has 0 unspecified atom stereocenters. The first-order valence-electron chi connectivity index (χ1n) is 9.06. The third-order valence-corrected chi connectivity index (χ3v) is 4.95. The van der Waals surface area contributed by atoms with Gasteiger partial charge in [-0.25, -0.2) is 4.79 Å². The van der Waals surface area contributed by atoms with Crippen molar-refractivity contribution in [2.24, 2.45) is 5.41 Å². The molecule has 1 aliphatic carbocycles. The number of hydrogen-bond acceptors (Lipinski definition) is 3. The molecule has 1 saturated carbocycles. The standard InChI is InChI=1S/C22H28NO3/c1-23(2,3)16-21(14-15-21)17-26-20(24)22(25,18-10-6-4-7-11-18)19-12-8-5-9-13-19/h4-13,25H,14-17H2,1-3H3/q+1. The van der Waals surface area contributed by atoms with Gasteiger partial charge >= 0.3 is 5.97 Å². The van der Waals surface area contributed by atoms with Gasteiger partial charge in [0, 0.05) is 0 Å². The van der Waals surface area contributed by atoms with Gasteiger partial charge in [0.2, 0.25) is 5.60 Å². The molecule has 0 heterocycles. The number of aliphatic hydroxyl groups is 1. The van der Waals surface area contributed by atoms with Crippen molar-refractivity contribution in [3.8, 4) is 0 Å². The molecule has 0 amide bonds. The van der Waals surface area contributed by atoms with Crippen LogP contribution in [0.25, 0.3) is 0 Å². The molecule has 1 fully saturated rings. The Bertz CT molecular complexity index is 706. The zero-order chi connectivity index (χ0) is 18.8. The van der Waals surface area contributed by atoms with Gasteiger partial charge in [-0.15, -0.1) is 0 Å². The summed E-state index contributed by atoms with van der Waals surface area (Å²) in [5.74, 6) is -0.609. The average Bonchev–Trinajstić information content (AvgIpc) is 3.38. The molecule has 1 N–H and O–H groups in total. The van der Waals surface area contributed by atoms with Crippen LogP contribution < -0.4 is 0 Å². The van der Waals surface area contributed by atoms with E-state index in [9.17, 15) is 9.90 Å². The Morgan fingerprint density at radius 2 is 1.46 bits per heavy atom. The minimum absolute atomic E-state index is 0.0438. The molecule has 2 aromatic carbocycles. The van der Waals surface area contributed by atoms with Crippen LogP contribution in [0.5, 0.6) is 0 Å². The maximum absolute atomic E-state index is 13.0. The van der Waals surface area contributed by atoms with Crippen LogP contribution in [-0.2, 0) is 15.1 Å². The minimum atomic E-state index is -1.80. The van der Waals surface area contributed by atoms with Gasteiger partial charge in [0.15, 0.2) is 0 Å². The fourth-order valence-corrected chi connectivity index (χ4v) is 3.62. The van der Waals surface area contributed by atoms with Crippen molar-refractivity contribution in [1.82, 2.24) is 0 Å². The highest BCUT2D eigenvalue weighted by molar-refractivity contribution is 5.85. The lowest BCUT2D eigenvalue weighted by Gasteiger charge is -2.31. The van der Waals surface area contributed by atoms with Crippen LogP contribution in [0.4, 0.5) is 0 Å². The summed E-state index contributed by atoms with van der Waals surface area (Å²) >= 11 is 0. The van der Waals surface area contributed by atoms with Gasteiger partial charge in [0.1, 0.15) is 6.61 Å². The number of esters is 1. The van der Waals surface area contributed by atoms with Crippen molar-refractivity contribution in [1.29, 1.82) is 0 Å². The molecule has 0 radical (unpaired) electrons. The van der Waals surface area contributed by atoms with E-state index in [4.69, 9.17) is 4.74 Å². The van der Waals surface area contributed by atoms with Crippen LogP contribution in [-0.4, -0.2) is 49.9 Å². The number of carbonyl (C=O) groups is 1. The van der Waals surface area contributed by atoms with E-state index in [2.05, 4.69) is 21.1 Å². The van der Waals surface area contributed by atoms with Crippen molar-refractivity contribution < 1.29 is 19.1 Å². The zero-order valence-corrected chi connectivity index (χ0v) is 15.8. The van der Waals surface area contributed by atoms with E-state index < -0.39 is 11.6 Å². The van der Waals surface area contributed by atoms with E-state index in [1.54, 1.807) is 24.3 Å². The van der Waals surface area contributed by atoms with E-state index >= 15 is 0 Å². The van der Waals surface area contributed by atoms with Crippen LogP contribution in [0.2, 0.25) is 0 Å². The topological polar surface area (TPSA) is 46.5 Å². The van der Waals surface area contributed by atoms with Crippen LogP contribution >= 0.6 is 0 Å². The molecule has 4 nitrogen and oxygen atoms in total. The summed E-state index contributed by atoms with van der Waals surface area (Å²) in [5.41, 5.74) is -0.711. The van der Waals surface area contributed by atoms with Gasteiger partial charge in [0.25, 0.3) is 0 Å². The summed E-state index contributed by atoms with van der Waals surface area (Å²) in [6, 6.07) is 18.0. The number of carbonyl (C=O) groups excluding carboxylic acids is 1. The smallest absolute Gasteiger partial charge is 0.347 e. The normalized spacial score (nSPS) is 16.2. The number of benzene rings is 2. The molecule has 0 atom stereocenters. The Morgan fingerprint density at radius 3 is 1.85 bits per heavy atom. The molecule has 4 heteroatoms. The summed E-state index contributed by atoms with van der Waals surface area (Å²) in [4.78, 5) is 13.0. The predicted octanol–water partition coefficient (Wildman–Crippen LogP) is 2.95. The number of rotatable bonds is 7. The van der Waals surface area contributed by atoms with Crippen molar-refractivity contribution in [3.05, 3.63) is 71.8 Å². The van der Waals surface area contributed by atoms with Gasteiger partial charge in [-0.05, 0) is 24.0 Å². The Labute approximate surface area is 155 Å². The number of hydrogen-bond donors (Lipinski definition) is 1. The second-order valence-corrected chi connectivity index (χ2v) is 8.47. The lowest BCUT2D eigenvalue weighted by atomic mass is 9.86. The van der Waals surface area contributed by atoms with Gasteiger partial charge in [-0.1, -0.05) is 60.7 Å². The van der Waals surface area contributed by atoms with Crippen molar-refractivity contribution >= 4 is 5.97 Å². The van der Waals surface area contributed by atoms with Gasteiger partial charge < -0.3 is 14.3 Å². The van der Waals surface area contributed by atoms with Gasteiger partial charge in [-0.3, -0.25) is 0 Å². The Morgan fingerprint density at radius 1 is 1.00 bits per heavy atom. The lowest BCUT2D eigenvalue weighted by Crippen LogP contribution is -2.43. The number of quaternary nitrogens is 1. The Kier molecular flexibility index (Phi) is 4.91. The van der Waals surface area contributed by atoms with E-state index in [1.165, 1.54) is 0 Å². The monoisotopic (exact) mass is 354 g/mol. The molecular weight excluding hydrogens is 326 g/mol. The molecule has 26 heavy (non-hydrogen) atoms. The summed E-state index contributed by atoms with van der Waals surface area (Å²) in [7, 11) is 6.44. The molecule has 0 spiro atoms. The molecule has 3 rings (SSSR count). The van der Waals surface area contributed by atoms with Crippen LogP contribution in [0, 0.1) is 5.41 Å². The largest absolute Gasteiger partial charge is 0.462 e. The number of nitrogens with zero attached hydrogens (tertiary/aromatic N) is 1. The first-order chi connectivity index (χ1) is 12.3. The maximum Gasteiger partial charge on any atom is 0.347 e. The molecule has 0 aliphatic heterocycles. The summed E-state index contributed by atoms with van der Waals surface area (Å²) in [5, 5.41) is 11.4. The molecule has 1 aliphatic rings. The lowest BCUT2D eigenvalue weighted by molar-refractivity contribution is -0.875. The highest BCUT2D eigenvalue weighted by Gasteiger charge is 2.50. The highest BCUT2D eigenvalue weighted by atomic mass is 16.6. The van der Waals surface area contributed by atoms with Crippen molar-refractivity contribution in [2.75, 3.05) is 34.3 Å². The second-order valence-electron chi connectivity index (χ2n) is 8.47.